The standard InChI is InChI=1S/C11H12N2O3S/c1-6(14)9-5-17-11(12-9)13-10(15)8-3-4-16-7(8)2/h3-6,14H,1-2H3,(H,12,13,15). The Labute approximate surface area is 102 Å². The maximum Gasteiger partial charge on any atom is 0.260 e. The predicted molar refractivity (Wildman–Crippen MR) is 64.1 cm³/mol. The first-order valence-corrected chi connectivity index (χ1v) is 5.95. The van der Waals surface area contributed by atoms with Crippen LogP contribution in [0.4, 0.5) is 5.13 Å². The van der Waals surface area contributed by atoms with Gasteiger partial charge in [-0.2, -0.15) is 0 Å². The lowest BCUT2D eigenvalue weighted by Crippen LogP contribution is -2.12. The fourth-order valence-electron chi connectivity index (χ4n) is 1.32. The van der Waals surface area contributed by atoms with Crippen molar-refractivity contribution in [2.45, 2.75) is 20.0 Å². The van der Waals surface area contributed by atoms with E-state index in [1.807, 2.05) is 0 Å². The minimum Gasteiger partial charge on any atom is -0.469 e. The molecule has 0 fully saturated rings. The number of aliphatic hydroxyl groups is 1. The number of nitrogens with one attached hydrogen (secondary N) is 1. The van der Waals surface area contributed by atoms with E-state index in [4.69, 9.17) is 4.42 Å². The fourth-order valence-corrected chi connectivity index (χ4v) is 2.11. The van der Waals surface area contributed by atoms with Crippen LogP contribution in [0.1, 0.15) is 34.8 Å². The monoisotopic (exact) mass is 252 g/mol. The third-order valence-electron chi connectivity index (χ3n) is 2.27. The number of furan rings is 1. The maximum atomic E-state index is 11.8. The van der Waals surface area contributed by atoms with Gasteiger partial charge in [0.25, 0.3) is 5.91 Å². The van der Waals surface area contributed by atoms with E-state index in [-0.39, 0.29) is 5.91 Å². The van der Waals surface area contributed by atoms with Gasteiger partial charge in [-0.05, 0) is 19.9 Å². The van der Waals surface area contributed by atoms with E-state index >= 15 is 0 Å². The van der Waals surface area contributed by atoms with Crippen molar-refractivity contribution < 1.29 is 14.3 Å². The van der Waals surface area contributed by atoms with Crippen molar-refractivity contribution in [2.75, 3.05) is 5.32 Å². The third kappa shape index (κ3) is 2.54. The smallest absolute Gasteiger partial charge is 0.260 e. The first kappa shape index (κ1) is 11.8. The lowest BCUT2D eigenvalue weighted by atomic mass is 10.2. The summed E-state index contributed by atoms with van der Waals surface area (Å²) in [4.78, 5) is 15.9. The molecular formula is C11H12N2O3S. The molecular weight excluding hydrogens is 240 g/mol. The molecule has 0 aromatic carbocycles. The molecule has 2 heterocycles. The van der Waals surface area contributed by atoms with Crippen LogP contribution in [0.15, 0.2) is 22.1 Å². The molecule has 0 bridgehead atoms. The number of aliphatic hydroxyl groups excluding tert-OH is 1. The summed E-state index contributed by atoms with van der Waals surface area (Å²) in [5, 5.41) is 14.1. The summed E-state index contributed by atoms with van der Waals surface area (Å²) in [6, 6.07) is 1.61. The number of amides is 1. The predicted octanol–water partition coefficient (Wildman–Crippen LogP) is 2.35. The summed E-state index contributed by atoms with van der Waals surface area (Å²) in [6.07, 6.45) is 0.834. The van der Waals surface area contributed by atoms with Crippen LogP contribution in [0.25, 0.3) is 0 Å². The van der Waals surface area contributed by atoms with Crippen LogP contribution in [0.3, 0.4) is 0 Å². The SMILES string of the molecule is Cc1occc1C(=O)Nc1nc(C(C)O)cs1. The molecule has 0 aliphatic rings. The Hall–Kier alpha value is -1.66. The summed E-state index contributed by atoms with van der Waals surface area (Å²) in [6.45, 7) is 3.35. The zero-order chi connectivity index (χ0) is 12.4. The number of thiazole rings is 1. The molecule has 0 aliphatic carbocycles. The molecule has 1 atom stereocenters. The number of hydrogen-bond donors (Lipinski definition) is 2. The molecule has 0 radical (unpaired) electrons. The highest BCUT2D eigenvalue weighted by atomic mass is 32.1. The highest BCUT2D eigenvalue weighted by molar-refractivity contribution is 7.14. The second kappa shape index (κ2) is 4.68. The largest absolute Gasteiger partial charge is 0.469 e. The molecule has 2 aromatic heterocycles. The van der Waals surface area contributed by atoms with Gasteiger partial charge in [0.05, 0.1) is 23.6 Å². The number of hydrogen-bond acceptors (Lipinski definition) is 5. The van der Waals surface area contributed by atoms with Crippen molar-refractivity contribution >= 4 is 22.4 Å². The van der Waals surface area contributed by atoms with Gasteiger partial charge in [0, 0.05) is 5.38 Å². The van der Waals surface area contributed by atoms with Crippen LogP contribution >= 0.6 is 11.3 Å². The van der Waals surface area contributed by atoms with Crippen molar-refractivity contribution in [3.63, 3.8) is 0 Å². The highest BCUT2D eigenvalue weighted by Gasteiger charge is 2.14. The number of anilines is 1. The second-order valence-corrected chi connectivity index (χ2v) is 4.46. The number of aromatic nitrogens is 1. The summed E-state index contributed by atoms with van der Waals surface area (Å²) in [5.74, 6) is 0.303. The number of rotatable bonds is 3. The molecule has 17 heavy (non-hydrogen) atoms. The Morgan fingerprint density at radius 1 is 1.65 bits per heavy atom. The first-order chi connectivity index (χ1) is 8.08. The van der Waals surface area contributed by atoms with Gasteiger partial charge in [-0.15, -0.1) is 11.3 Å². The Kier molecular flexibility index (Phi) is 3.26. The lowest BCUT2D eigenvalue weighted by Gasteiger charge is -2.00. The normalized spacial score (nSPS) is 12.4. The van der Waals surface area contributed by atoms with Crippen LogP contribution in [0.2, 0.25) is 0 Å². The maximum absolute atomic E-state index is 11.8. The Morgan fingerprint density at radius 2 is 2.41 bits per heavy atom. The van der Waals surface area contributed by atoms with E-state index in [1.165, 1.54) is 17.6 Å². The summed E-state index contributed by atoms with van der Waals surface area (Å²) >= 11 is 1.28. The molecule has 2 aromatic rings. The topological polar surface area (TPSA) is 75.4 Å². The second-order valence-electron chi connectivity index (χ2n) is 3.60. The van der Waals surface area contributed by atoms with Crippen LogP contribution in [-0.2, 0) is 0 Å². The Balaban J connectivity index is 2.11. The summed E-state index contributed by atoms with van der Waals surface area (Å²) in [7, 11) is 0. The highest BCUT2D eigenvalue weighted by Crippen LogP contribution is 2.21. The molecule has 0 spiro atoms. The molecule has 2 N–H and O–H groups in total. The van der Waals surface area contributed by atoms with E-state index in [0.717, 1.165) is 0 Å². The molecule has 90 valence electrons. The molecule has 1 unspecified atom stereocenters. The quantitative estimate of drug-likeness (QED) is 0.879. The van der Waals surface area contributed by atoms with Crippen LogP contribution in [0, 0.1) is 6.92 Å². The van der Waals surface area contributed by atoms with Gasteiger partial charge in [-0.25, -0.2) is 4.98 Å². The van der Waals surface area contributed by atoms with Crippen molar-refractivity contribution in [2.24, 2.45) is 0 Å². The van der Waals surface area contributed by atoms with Gasteiger partial charge in [-0.1, -0.05) is 0 Å². The van der Waals surface area contributed by atoms with Crippen molar-refractivity contribution in [1.82, 2.24) is 4.98 Å². The summed E-state index contributed by atoms with van der Waals surface area (Å²) in [5.41, 5.74) is 1.04. The number of aryl methyl sites for hydroxylation is 1. The first-order valence-electron chi connectivity index (χ1n) is 5.07. The van der Waals surface area contributed by atoms with E-state index in [9.17, 15) is 9.90 Å². The molecule has 6 heteroatoms. The average Bonchev–Trinajstić information content (AvgIpc) is 2.86. The zero-order valence-electron chi connectivity index (χ0n) is 9.43. The minimum atomic E-state index is -0.632. The van der Waals surface area contributed by atoms with Gasteiger partial charge < -0.3 is 9.52 Å². The van der Waals surface area contributed by atoms with Crippen molar-refractivity contribution in [3.8, 4) is 0 Å². The van der Waals surface area contributed by atoms with Crippen LogP contribution in [0.5, 0.6) is 0 Å². The Morgan fingerprint density at radius 3 is 2.94 bits per heavy atom. The number of carbonyl (C=O) groups is 1. The molecule has 1 amide bonds. The van der Waals surface area contributed by atoms with Gasteiger partial charge >= 0.3 is 0 Å². The van der Waals surface area contributed by atoms with Gasteiger partial charge in [0.2, 0.25) is 0 Å². The molecule has 0 saturated heterocycles. The van der Waals surface area contributed by atoms with Gasteiger partial charge in [0.1, 0.15) is 5.76 Å². The number of nitrogens with zero attached hydrogens (tertiary/aromatic N) is 1. The molecule has 2 rings (SSSR count). The lowest BCUT2D eigenvalue weighted by molar-refractivity contribution is 0.102. The fraction of sp³-hybridized carbons (Fsp3) is 0.273. The van der Waals surface area contributed by atoms with Gasteiger partial charge in [-0.3, -0.25) is 10.1 Å². The molecule has 0 aliphatic heterocycles. The van der Waals surface area contributed by atoms with Crippen molar-refractivity contribution in [1.29, 1.82) is 0 Å². The van der Waals surface area contributed by atoms with E-state index in [0.29, 0.717) is 22.1 Å². The molecule has 5 nitrogen and oxygen atoms in total. The zero-order valence-corrected chi connectivity index (χ0v) is 10.2. The minimum absolute atomic E-state index is 0.261. The summed E-state index contributed by atoms with van der Waals surface area (Å²) < 4.78 is 5.05. The van der Waals surface area contributed by atoms with Crippen molar-refractivity contribution in [3.05, 3.63) is 34.7 Å². The van der Waals surface area contributed by atoms with E-state index in [1.54, 1.807) is 25.3 Å². The third-order valence-corrected chi connectivity index (χ3v) is 3.05. The average molecular weight is 252 g/mol. The van der Waals surface area contributed by atoms with Crippen LogP contribution < -0.4 is 5.32 Å². The Bertz CT molecular complexity index is 530. The van der Waals surface area contributed by atoms with E-state index < -0.39 is 6.10 Å². The number of carbonyl (C=O) groups excluding carboxylic acids is 1. The molecule has 0 saturated carbocycles. The van der Waals surface area contributed by atoms with Gasteiger partial charge in [0.15, 0.2) is 5.13 Å². The van der Waals surface area contributed by atoms with Crippen LogP contribution in [-0.4, -0.2) is 16.0 Å². The van der Waals surface area contributed by atoms with E-state index in [2.05, 4.69) is 10.3 Å².